The zero-order valence-corrected chi connectivity index (χ0v) is 12.9. The molecule has 21 heavy (non-hydrogen) atoms. The molecule has 0 unspecified atom stereocenters. The minimum absolute atomic E-state index is 0.0525. The van der Waals surface area contributed by atoms with Crippen LogP contribution < -0.4 is 15.2 Å². The number of rotatable bonds is 4. The molecule has 0 saturated carbocycles. The van der Waals surface area contributed by atoms with Crippen molar-refractivity contribution in [2.75, 3.05) is 17.6 Å². The van der Waals surface area contributed by atoms with Gasteiger partial charge in [-0.2, -0.15) is 4.98 Å². The van der Waals surface area contributed by atoms with Crippen molar-refractivity contribution in [1.29, 1.82) is 0 Å². The lowest BCUT2D eigenvalue weighted by Crippen LogP contribution is -2.15. The molecule has 0 radical (unpaired) electrons. The van der Waals surface area contributed by atoms with Crippen LogP contribution in [0.2, 0.25) is 5.15 Å². The van der Waals surface area contributed by atoms with Gasteiger partial charge in [0.2, 0.25) is 11.8 Å². The Labute approximate surface area is 127 Å². The van der Waals surface area contributed by atoms with Crippen LogP contribution in [0.25, 0.3) is 0 Å². The number of nitrogen functional groups attached to an aromatic ring is 1. The van der Waals surface area contributed by atoms with Crippen molar-refractivity contribution in [2.24, 2.45) is 0 Å². The van der Waals surface area contributed by atoms with E-state index in [1.54, 1.807) is 6.92 Å². The number of benzene rings is 1. The van der Waals surface area contributed by atoms with Gasteiger partial charge in [0.05, 0.1) is 12.0 Å². The summed E-state index contributed by atoms with van der Waals surface area (Å²) in [5.41, 5.74) is 6.83. The van der Waals surface area contributed by atoms with Gasteiger partial charge < -0.3 is 10.5 Å². The van der Waals surface area contributed by atoms with E-state index < -0.39 is 10.0 Å². The second-order valence-corrected chi connectivity index (χ2v) is 6.25. The number of ether oxygens (including phenoxy) is 1. The summed E-state index contributed by atoms with van der Waals surface area (Å²) >= 11 is 5.77. The standard InChI is InChI=1S/C12H13ClN4O3S/c1-7-5-8(3-4-9(7)14)21(18,19)17-12-15-10(13)6-11(16-12)20-2/h3-6H,14H2,1-2H3,(H,15,16,17). The van der Waals surface area contributed by atoms with Crippen LogP contribution in [0.1, 0.15) is 5.56 Å². The van der Waals surface area contributed by atoms with Gasteiger partial charge >= 0.3 is 0 Å². The Morgan fingerprint density at radius 2 is 2.00 bits per heavy atom. The van der Waals surface area contributed by atoms with E-state index in [4.69, 9.17) is 22.1 Å². The average molecular weight is 329 g/mol. The summed E-state index contributed by atoms with van der Waals surface area (Å²) in [6.07, 6.45) is 0. The fourth-order valence-corrected chi connectivity index (χ4v) is 2.74. The van der Waals surface area contributed by atoms with E-state index in [0.717, 1.165) is 0 Å². The van der Waals surface area contributed by atoms with Crippen molar-refractivity contribution in [2.45, 2.75) is 11.8 Å². The molecular weight excluding hydrogens is 316 g/mol. The highest BCUT2D eigenvalue weighted by molar-refractivity contribution is 7.92. The number of nitrogens with two attached hydrogens (primary N) is 1. The number of halogens is 1. The Morgan fingerprint density at radius 1 is 1.29 bits per heavy atom. The Morgan fingerprint density at radius 3 is 2.62 bits per heavy atom. The first-order valence-corrected chi connectivity index (χ1v) is 7.65. The smallest absolute Gasteiger partial charge is 0.264 e. The number of hydrogen-bond acceptors (Lipinski definition) is 6. The number of anilines is 2. The Hall–Kier alpha value is -2.06. The molecule has 0 amide bonds. The van der Waals surface area contributed by atoms with Crippen LogP contribution >= 0.6 is 11.6 Å². The molecule has 0 fully saturated rings. The van der Waals surface area contributed by atoms with Crippen molar-refractivity contribution in [1.82, 2.24) is 9.97 Å². The molecule has 0 aliphatic heterocycles. The molecule has 0 aliphatic carbocycles. The molecule has 0 spiro atoms. The van der Waals surface area contributed by atoms with Crippen LogP contribution in [0, 0.1) is 6.92 Å². The van der Waals surface area contributed by atoms with Gasteiger partial charge in [-0.25, -0.2) is 18.1 Å². The van der Waals surface area contributed by atoms with Crippen LogP contribution in [0.15, 0.2) is 29.2 Å². The Kier molecular flexibility index (Phi) is 4.19. The first-order chi connectivity index (χ1) is 9.81. The first-order valence-electron chi connectivity index (χ1n) is 5.79. The zero-order chi connectivity index (χ0) is 15.6. The van der Waals surface area contributed by atoms with Gasteiger partial charge in [-0.1, -0.05) is 11.6 Å². The number of sulfonamides is 1. The molecule has 0 atom stereocenters. The van der Waals surface area contributed by atoms with E-state index in [0.29, 0.717) is 11.3 Å². The molecule has 1 aromatic carbocycles. The van der Waals surface area contributed by atoms with Crippen molar-refractivity contribution in [3.05, 3.63) is 35.0 Å². The molecule has 1 heterocycles. The predicted octanol–water partition coefficient (Wildman–Crippen LogP) is 1.83. The summed E-state index contributed by atoms with van der Waals surface area (Å²) in [5.74, 6) is -0.0185. The number of nitrogens with zero attached hydrogens (tertiary/aromatic N) is 2. The van der Waals surface area contributed by atoms with Gasteiger partial charge in [0.15, 0.2) is 0 Å². The molecule has 112 valence electrons. The van der Waals surface area contributed by atoms with Crippen molar-refractivity contribution in [3.63, 3.8) is 0 Å². The van der Waals surface area contributed by atoms with Gasteiger partial charge in [0.25, 0.3) is 10.0 Å². The second-order valence-electron chi connectivity index (χ2n) is 4.18. The number of aryl methyl sites for hydroxylation is 1. The molecule has 0 aliphatic rings. The third-order valence-corrected chi connectivity index (χ3v) is 4.18. The lowest BCUT2D eigenvalue weighted by Gasteiger charge is -2.09. The number of methoxy groups -OCH3 is 1. The SMILES string of the molecule is COc1cc(Cl)nc(NS(=O)(=O)c2ccc(N)c(C)c2)n1. The van der Waals surface area contributed by atoms with E-state index in [2.05, 4.69) is 14.7 Å². The first kappa shape index (κ1) is 15.3. The van der Waals surface area contributed by atoms with Crippen molar-refractivity contribution < 1.29 is 13.2 Å². The minimum atomic E-state index is -3.84. The summed E-state index contributed by atoms with van der Waals surface area (Å²) in [5, 5.41) is 0.0630. The van der Waals surface area contributed by atoms with Crippen molar-refractivity contribution in [3.8, 4) is 5.88 Å². The van der Waals surface area contributed by atoms with Gasteiger partial charge in [-0.15, -0.1) is 0 Å². The molecule has 2 aromatic rings. The van der Waals surface area contributed by atoms with E-state index in [9.17, 15) is 8.42 Å². The summed E-state index contributed by atoms with van der Waals surface area (Å²) < 4.78 is 31.7. The van der Waals surface area contributed by atoms with Gasteiger partial charge in [-0.3, -0.25) is 0 Å². The normalized spacial score (nSPS) is 11.2. The lowest BCUT2D eigenvalue weighted by atomic mass is 10.2. The molecule has 7 nitrogen and oxygen atoms in total. The van der Waals surface area contributed by atoms with Crippen molar-refractivity contribution >= 4 is 33.3 Å². The number of hydrogen-bond donors (Lipinski definition) is 2. The third kappa shape index (κ3) is 3.53. The highest BCUT2D eigenvalue weighted by atomic mass is 35.5. The Balaban J connectivity index is 2.37. The lowest BCUT2D eigenvalue weighted by molar-refractivity contribution is 0.397. The number of aromatic nitrogens is 2. The summed E-state index contributed by atoms with van der Waals surface area (Å²) in [4.78, 5) is 7.71. The third-order valence-electron chi connectivity index (χ3n) is 2.66. The second kappa shape index (κ2) is 5.74. The molecule has 9 heteroatoms. The van der Waals surface area contributed by atoms with Crippen LogP contribution in [-0.2, 0) is 10.0 Å². The summed E-state index contributed by atoms with van der Waals surface area (Å²) in [6.45, 7) is 1.72. The van der Waals surface area contributed by atoms with Crippen LogP contribution in [0.3, 0.4) is 0 Å². The van der Waals surface area contributed by atoms with E-state index in [1.165, 1.54) is 31.4 Å². The molecule has 0 bridgehead atoms. The zero-order valence-electron chi connectivity index (χ0n) is 11.3. The molecule has 3 N–H and O–H groups in total. The van der Waals surface area contributed by atoms with E-state index in [1.807, 2.05) is 0 Å². The maximum Gasteiger partial charge on any atom is 0.264 e. The highest BCUT2D eigenvalue weighted by Gasteiger charge is 2.17. The molecule has 0 saturated heterocycles. The summed E-state index contributed by atoms with van der Waals surface area (Å²) in [7, 11) is -2.45. The Bertz CT molecular complexity index is 780. The van der Waals surface area contributed by atoms with Crippen LogP contribution in [0.5, 0.6) is 5.88 Å². The quantitative estimate of drug-likeness (QED) is 0.655. The predicted molar refractivity (Wildman–Crippen MR) is 80.0 cm³/mol. The topological polar surface area (TPSA) is 107 Å². The maximum absolute atomic E-state index is 12.3. The number of nitrogens with one attached hydrogen (secondary N) is 1. The van der Waals surface area contributed by atoms with Gasteiger partial charge in [0.1, 0.15) is 5.15 Å². The van der Waals surface area contributed by atoms with E-state index in [-0.39, 0.29) is 21.9 Å². The molecular formula is C12H13ClN4O3S. The fraction of sp³-hybridized carbons (Fsp3) is 0.167. The molecule has 1 aromatic heterocycles. The van der Waals surface area contributed by atoms with Gasteiger partial charge in [-0.05, 0) is 30.7 Å². The average Bonchev–Trinajstić information content (AvgIpc) is 2.40. The van der Waals surface area contributed by atoms with Crippen LogP contribution in [0.4, 0.5) is 11.6 Å². The fourth-order valence-electron chi connectivity index (χ4n) is 1.54. The van der Waals surface area contributed by atoms with E-state index >= 15 is 0 Å². The monoisotopic (exact) mass is 328 g/mol. The highest BCUT2D eigenvalue weighted by Crippen LogP contribution is 2.21. The maximum atomic E-state index is 12.3. The molecule has 2 rings (SSSR count). The summed E-state index contributed by atoms with van der Waals surface area (Å²) in [6, 6.07) is 5.74. The van der Waals surface area contributed by atoms with Crippen LogP contribution in [-0.4, -0.2) is 25.5 Å². The largest absolute Gasteiger partial charge is 0.481 e. The minimum Gasteiger partial charge on any atom is -0.481 e. The van der Waals surface area contributed by atoms with Gasteiger partial charge in [0, 0.05) is 11.8 Å².